The third kappa shape index (κ3) is 2.91. The Kier molecular flexibility index (Phi) is 4.13. The van der Waals surface area contributed by atoms with E-state index in [2.05, 4.69) is 9.97 Å². The summed E-state index contributed by atoms with van der Waals surface area (Å²) < 4.78 is 23.9. The minimum Gasteiger partial charge on any atom is -0.467 e. The van der Waals surface area contributed by atoms with E-state index in [0.29, 0.717) is 0 Å². The first kappa shape index (κ1) is 13.5. The molecule has 0 saturated heterocycles. The molecule has 0 aliphatic heterocycles. The highest BCUT2D eigenvalue weighted by Crippen LogP contribution is 2.30. The van der Waals surface area contributed by atoms with Crippen LogP contribution in [0.2, 0.25) is 5.02 Å². The number of methoxy groups -OCH3 is 1. The molecular weight excluding hydrogens is 273 g/mol. The Morgan fingerprint density at radius 1 is 1.42 bits per heavy atom. The lowest BCUT2D eigenvalue weighted by molar-refractivity contribution is 0.365. The first-order valence-electron chi connectivity index (χ1n) is 5.37. The molecule has 2 N–H and O–H groups in total. The maximum Gasteiger partial charge on any atom is 0.319 e. The molecule has 0 aliphatic rings. The Bertz CT molecular complexity index is 595. The maximum atomic E-state index is 13.5. The van der Waals surface area contributed by atoms with Gasteiger partial charge in [-0.25, -0.2) is 9.37 Å². The van der Waals surface area contributed by atoms with Crippen molar-refractivity contribution < 1.29 is 13.9 Å². The van der Waals surface area contributed by atoms with Crippen molar-refractivity contribution in [3.63, 3.8) is 0 Å². The molecule has 0 aliphatic carbocycles. The second-order valence-corrected chi connectivity index (χ2v) is 3.94. The molecule has 0 spiro atoms. The van der Waals surface area contributed by atoms with Crippen molar-refractivity contribution in [2.24, 2.45) is 5.73 Å². The molecule has 0 saturated carbocycles. The lowest BCUT2D eigenvalue weighted by Gasteiger charge is -2.11. The van der Waals surface area contributed by atoms with Gasteiger partial charge in [-0.2, -0.15) is 4.98 Å². The van der Waals surface area contributed by atoms with Crippen LogP contribution in [-0.4, -0.2) is 17.1 Å². The summed E-state index contributed by atoms with van der Waals surface area (Å²) >= 11 is 5.91. The Morgan fingerprint density at radius 2 is 2.21 bits per heavy atom. The van der Waals surface area contributed by atoms with Gasteiger partial charge in [0, 0.05) is 12.1 Å². The van der Waals surface area contributed by atoms with Gasteiger partial charge in [-0.05, 0) is 12.1 Å². The number of ether oxygens (including phenoxy) is 2. The smallest absolute Gasteiger partial charge is 0.319 e. The van der Waals surface area contributed by atoms with Gasteiger partial charge < -0.3 is 15.2 Å². The van der Waals surface area contributed by atoms with E-state index in [-0.39, 0.29) is 34.8 Å². The Balaban J connectivity index is 2.38. The number of hydrogen-bond donors (Lipinski definition) is 1. The summed E-state index contributed by atoms with van der Waals surface area (Å²) in [5.74, 6) is -0.115. The van der Waals surface area contributed by atoms with Crippen molar-refractivity contribution >= 4 is 11.6 Å². The highest BCUT2D eigenvalue weighted by atomic mass is 35.5. The number of benzene rings is 1. The number of halogens is 2. The molecule has 1 heterocycles. The monoisotopic (exact) mass is 283 g/mol. The van der Waals surface area contributed by atoms with Crippen LogP contribution in [0.1, 0.15) is 5.56 Å². The lowest BCUT2D eigenvalue weighted by Crippen LogP contribution is -2.03. The summed E-state index contributed by atoms with van der Waals surface area (Å²) in [7, 11) is 1.42. The van der Waals surface area contributed by atoms with E-state index >= 15 is 0 Å². The summed E-state index contributed by atoms with van der Waals surface area (Å²) in [5, 5.41) is 0.188. The molecule has 1 aromatic heterocycles. The molecule has 2 aromatic rings. The Labute approximate surface area is 114 Å². The summed E-state index contributed by atoms with van der Waals surface area (Å²) in [4.78, 5) is 7.76. The van der Waals surface area contributed by atoms with E-state index in [0.717, 1.165) is 0 Å². The Morgan fingerprint density at radius 3 is 2.89 bits per heavy atom. The fraction of sp³-hybridized carbons (Fsp3) is 0.167. The minimum absolute atomic E-state index is 0.00183. The van der Waals surface area contributed by atoms with E-state index in [9.17, 15) is 4.39 Å². The highest BCUT2D eigenvalue weighted by molar-refractivity contribution is 6.31. The first-order valence-corrected chi connectivity index (χ1v) is 5.75. The van der Waals surface area contributed by atoms with Gasteiger partial charge in [0.25, 0.3) is 0 Å². The van der Waals surface area contributed by atoms with Crippen LogP contribution in [-0.2, 0) is 6.54 Å². The molecule has 0 bridgehead atoms. The number of nitrogens with zero attached hydrogens (tertiary/aromatic N) is 2. The molecule has 100 valence electrons. The number of aromatic nitrogens is 2. The van der Waals surface area contributed by atoms with Crippen LogP contribution in [0.4, 0.5) is 4.39 Å². The maximum absolute atomic E-state index is 13.5. The molecule has 7 heteroatoms. The van der Waals surface area contributed by atoms with Crippen LogP contribution in [0.15, 0.2) is 24.4 Å². The average molecular weight is 284 g/mol. The minimum atomic E-state index is -0.447. The zero-order valence-corrected chi connectivity index (χ0v) is 10.8. The van der Waals surface area contributed by atoms with E-state index in [1.807, 2.05) is 0 Å². The van der Waals surface area contributed by atoms with E-state index in [4.69, 9.17) is 26.8 Å². The SMILES string of the molecule is COc1ncc(Cl)c(Oc2cccc(F)c2CN)n1. The van der Waals surface area contributed by atoms with Gasteiger partial charge in [0.2, 0.25) is 5.88 Å². The molecule has 19 heavy (non-hydrogen) atoms. The van der Waals surface area contributed by atoms with Gasteiger partial charge in [-0.1, -0.05) is 17.7 Å². The second kappa shape index (κ2) is 5.81. The lowest BCUT2D eigenvalue weighted by atomic mass is 10.2. The standard InChI is InChI=1S/C12H11ClFN3O2/c1-18-12-16-6-8(13)11(17-12)19-10-4-2-3-9(14)7(10)5-15/h2-4,6H,5,15H2,1H3. The molecule has 2 rings (SSSR count). The fourth-order valence-corrected chi connectivity index (χ4v) is 1.57. The van der Waals surface area contributed by atoms with Crippen molar-refractivity contribution in [2.45, 2.75) is 6.54 Å². The fourth-order valence-electron chi connectivity index (χ4n) is 1.44. The topological polar surface area (TPSA) is 70.3 Å². The molecule has 0 fully saturated rings. The zero-order valence-electron chi connectivity index (χ0n) is 10.1. The third-order valence-corrected chi connectivity index (χ3v) is 2.62. The van der Waals surface area contributed by atoms with Crippen LogP contribution in [0.25, 0.3) is 0 Å². The van der Waals surface area contributed by atoms with Crippen molar-refractivity contribution in [3.8, 4) is 17.6 Å². The van der Waals surface area contributed by atoms with Crippen molar-refractivity contribution in [3.05, 3.63) is 40.8 Å². The van der Waals surface area contributed by atoms with Crippen molar-refractivity contribution in [1.82, 2.24) is 9.97 Å². The largest absolute Gasteiger partial charge is 0.467 e. The van der Waals surface area contributed by atoms with Gasteiger partial charge in [-0.15, -0.1) is 0 Å². The molecule has 0 radical (unpaired) electrons. The van der Waals surface area contributed by atoms with Gasteiger partial charge >= 0.3 is 6.01 Å². The number of hydrogen-bond acceptors (Lipinski definition) is 5. The normalized spacial score (nSPS) is 10.3. The quantitative estimate of drug-likeness (QED) is 0.933. The molecular formula is C12H11ClFN3O2. The average Bonchev–Trinajstić information content (AvgIpc) is 2.41. The molecule has 0 amide bonds. The van der Waals surface area contributed by atoms with Gasteiger partial charge in [0.1, 0.15) is 16.6 Å². The predicted molar refractivity (Wildman–Crippen MR) is 68.0 cm³/mol. The van der Waals surface area contributed by atoms with Gasteiger partial charge in [0.15, 0.2) is 0 Å². The van der Waals surface area contributed by atoms with Crippen LogP contribution < -0.4 is 15.2 Å². The number of rotatable bonds is 4. The Hall–Kier alpha value is -1.92. The van der Waals surface area contributed by atoms with Gasteiger partial charge in [-0.3, -0.25) is 0 Å². The summed E-state index contributed by atoms with van der Waals surface area (Å²) in [6.07, 6.45) is 1.34. The summed E-state index contributed by atoms with van der Waals surface area (Å²) in [6, 6.07) is 4.49. The van der Waals surface area contributed by atoms with E-state index in [1.54, 1.807) is 6.07 Å². The van der Waals surface area contributed by atoms with Crippen LogP contribution in [0.3, 0.4) is 0 Å². The first-order chi connectivity index (χ1) is 9.15. The molecule has 0 unspecified atom stereocenters. The summed E-state index contributed by atoms with van der Waals surface area (Å²) in [5.41, 5.74) is 5.74. The van der Waals surface area contributed by atoms with Crippen LogP contribution in [0, 0.1) is 5.82 Å². The second-order valence-electron chi connectivity index (χ2n) is 3.53. The van der Waals surface area contributed by atoms with E-state index < -0.39 is 5.82 Å². The van der Waals surface area contributed by atoms with Crippen LogP contribution in [0.5, 0.6) is 17.6 Å². The molecule has 5 nitrogen and oxygen atoms in total. The third-order valence-electron chi connectivity index (χ3n) is 2.36. The van der Waals surface area contributed by atoms with Gasteiger partial charge in [0.05, 0.1) is 13.3 Å². The summed E-state index contributed by atoms with van der Waals surface area (Å²) in [6.45, 7) is 0.00183. The predicted octanol–water partition coefficient (Wildman–Crippen LogP) is 2.53. The van der Waals surface area contributed by atoms with Crippen LogP contribution >= 0.6 is 11.6 Å². The number of nitrogens with two attached hydrogens (primary N) is 1. The van der Waals surface area contributed by atoms with Crippen molar-refractivity contribution in [1.29, 1.82) is 0 Å². The zero-order chi connectivity index (χ0) is 13.8. The van der Waals surface area contributed by atoms with E-state index in [1.165, 1.54) is 25.4 Å². The highest BCUT2D eigenvalue weighted by Gasteiger charge is 2.13. The molecule has 0 atom stereocenters. The molecule has 1 aromatic carbocycles. The van der Waals surface area contributed by atoms with Crippen molar-refractivity contribution in [2.75, 3.05) is 7.11 Å².